The molecule has 3 rings (SSSR count). The van der Waals surface area contributed by atoms with Crippen LogP contribution in [0, 0.1) is 5.92 Å². The van der Waals surface area contributed by atoms with Crippen LogP contribution in [-0.4, -0.2) is 36.3 Å². The molecule has 1 N–H and O–H groups in total. The molecule has 1 saturated carbocycles. The third-order valence-corrected chi connectivity index (χ3v) is 6.20. The van der Waals surface area contributed by atoms with Crippen LogP contribution in [0.5, 0.6) is 0 Å². The number of amides is 1. The maximum absolute atomic E-state index is 13.4. The zero-order chi connectivity index (χ0) is 23.0. The van der Waals surface area contributed by atoms with E-state index in [1.165, 1.54) is 24.3 Å². The van der Waals surface area contributed by atoms with Gasteiger partial charge in [0.05, 0.1) is 4.90 Å². The van der Waals surface area contributed by atoms with Gasteiger partial charge in [0.25, 0.3) is 5.91 Å². The Morgan fingerprint density at radius 3 is 2.45 bits per heavy atom. The smallest absolute Gasteiger partial charge is 0.321 e. The number of nitrogens with zero attached hydrogens (tertiary/aromatic N) is 2. The van der Waals surface area contributed by atoms with Crippen LogP contribution in [0.3, 0.4) is 0 Å². The van der Waals surface area contributed by atoms with Crippen molar-refractivity contribution in [1.29, 1.82) is 0 Å². The van der Waals surface area contributed by atoms with E-state index in [0.717, 1.165) is 10.9 Å². The molecule has 2 aromatic rings. The average molecular weight is 465 g/mol. The maximum atomic E-state index is 13.4. The summed E-state index contributed by atoms with van der Waals surface area (Å²) in [6.45, 7) is -0.113. The van der Waals surface area contributed by atoms with Gasteiger partial charge in [-0.2, -0.15) is 18.3 Å². The van der Waals surface area contributed by atoms with Crippen LogP contribution >= 0.6 is 0 Å². The Morgan fingerprint density at radius 2 is 1.87 bits per heavy atom. The van der Waals surface area contributed by atoms with Gasteiger partial charge in [-0.3, -0.25) is 9.48 Å². The lowest BCUT2D eigenvalue weighted by Gasteiger charge is -2.28. The van der Waals surface area contributed by atoms with Crippen LogP contribution in [0.25, 0.3) is 0 Å². The summed E-state index contributed by atoms with van der Waals surface area (Å²) in [5.74, 6) is -4.06. The van der Waals surface area contributed by atoms with Crippen molar-refractivity contribution in [2.75, 3.05) is 11.6 Å². The van der Waals surface area contributed by atoms with Crippen molar-refractivity contribution in [2.24, 2.45) is 5.92 Å². The van der Waals surface area contributed by atoms with Crippen molar-refractivity contribution in [2.45, 2.75) is 49.2 Å². The predicted molar refractivity (Wildman–Crippen MR) is 102 cm³/mol. The van der Waals surface area contributed by atoms with E-state index in [1.807, 2.05) is 0 Å². The third-order valence-electron chi connectivity index (χ3n) is 5.09. The lowest BCUT2D eigenvalue weighted by molar-refractivity contribution is -0.141. The number of hydrogen-bond acceptors (Lipinski definition) is 4. The van der Waals surface area contributed by atoms with E-state index in [2.05, 4.69) is 10.4 Å². The predicted octanol–water partition coefficient (Wildman–Crippen LogP) is 4.38. The first kappa shape index (κ1) is 23.2. The first-order valence-corrected chi connectivity index (χ1v) is 11.3. The number of alkyl halides is 5. The monoisotopic (exact) mass is 465 g/mol. The molecule has 0 bridgehead atoms. The number of benzene rings is 1. The number of hydrogen-bond donors (Lipinski definition) is 1. The van der Waals surface area contributed by atoms with Crippen molar-refractivity contribution >= 4 is 21.4 Å². The number of carbonyl (C=O) groups excluding carboxylic acids is 1. The topological polar surface area (TPSA) is 81.1 Å². The molecular formula is C19H20F5N3O3S. The highest BCUT2D eigenvalue weighted by molar-refractivity contribution is 7.90. The fraction of sp³-hybridized carbons (Fsp3) is 0.474. The van der Waals surface area contributed by atoms with E-state index in [4.69, 9.17) is 0 Å². The van der Waals surface area contributed by atoms with Crippen LogP contribution in [0.4, 0.5) is 27.6 Å². The van der Waals surface area contributed by atoms with Gasteiger partial charge in [-0.25, -0.2) is 17.2 Å². The largest absolute Gasteiger partial charge is 0.435 e. The highest BCUT2D eigenvalue weighted by Gasteiger charge is 2.38. The van der Waals surface area contributed by atoms with Crippen molar-refractivity contribution in [3.05, 3.63) is 41.7 Å². The van der Waals surface area contributed by atoms with Gasteiger partial charge >= 0.3 is 6.18 Å². The summed E-state index contributed by atoms with van der Waals surface area (Å²) in [5.41, 5.74) is -1.59. The average Bonchev–Trinajstić information content (AvgIpc) is 3.07. The molecule has 0 radical (unpaired) electrons. The number of rotatable bonds is 5. The van der Waals surface area contributed by atoms with Gasteiger partial charge < -0.3 is 5.32 Å². The summed E-state index contributed by atoms with van der Waals surface area (Å²) in [6.07, 6.45) is -4.35. The summed E-state index contributed by atoms with van der Waals surface area (Å²) in [6, 6.07) is 5.86. The van der Waals surface area contributed by atoms with E-state index < -0.39 is 39.2 Å². The highest BCUT2D eigenvalue weighted by atomic mass is 32.2. The van der Waals surface area contributed by atoms with Gasteiger partial charge in [0, 0.05) is 37.4 Å². The first-order valence-electron chi connectivity index (χ1n) is 9.39. The normalized spacial score (nSPS) is 17.5. The third kappa shape index (κ3) is 5.81. The molecule has 6 nitrogen and oxygen atoms in total. The summed E-state index contributed by atoms with van der Waals surface area (Å²) < 4.78 is 90.4. The molecule has 1 aromatic carbocycles. The van der Waals surface area contributed by atoms with Gasteiger partial charge in [-0.15, -0.1) is 0 Å². The van der Waals surface area contributed by atoms with Crippen molar-refractivity contribution in [1.82, 2.24) is 9.78 Å². The molecule has 1 aliphatic rings. The number of carbonyl (C=O) groups is 1. The van der Waals surface area contributed by atoms with E-state index in [-0.39, 0.29) is 48.7 Å². The molecule has 1 heterocycles. The van der Waals surface area contributed by atoms with Gasteiger partial charge in [0.2, 0.25) is 5.92 Å². The Labute approximate surface area is 175 Å². The van der Waals surface area contributed by atoms with E-state index in [0.29, 0.717) is 6.07 Å². The van der Waals surface area contributed by atoms with Crippen LogP contribution < -0.4 is 5.32 Å². The molecule has 0 spiro atoms. The molecule has 0 aliphatic heterocycles. The number of aromatic nitrogens is 2. The molecule has 12 heteroatoms. The second kappa shape index (κ2) is 8.21. The molecule has 1 amide bonds. The van der Waals surface area contributed by atoms with Crippen LogP contribution in [-0.2, 0) is 22.6 Å². The Bertz CT molecular complexity index is 1070. The van der Waals surface area contributed by atoms with Gasteiger partial charge in [0.1, 0.15) is 5.69 Å². The Balaban J connectivity index is 1.85. The summed E-state index contributed by atoms with van der Waals surface area (Å²) >= 11 is 0. The first-order chi connectivity index (χ1) is 14.2. The number of anilines is 1. The second-order valence-corrected chi connectivity index (χ2v) is 9.66. The van der Waals surface area contributed by atoms with E-state index >= 15 is 0 Å². The minimum Gasteiger partial charge on any atom is -0.321 e. The summed E-state index contributed by atoms with van der Waals surface area (Å²) in [7, 11) is -3.56. The molecule has 170 valence electrons. The molecule has 1 aromatic heterocycles. The van der Waals surface area contributed by atoms with Crippen molar-refractivity contribution in [3.8, 4) is 0 Å². The zero-order valence-electron chi connectivity index (χ0n) is 16.4. The molecule has 1 aliphatic carbocycles. The minimum absolute atomic E-state index is 0.0714. The van der Waals surface area contributed by atoms with Crippen LogP contribution in [0.15, 0.2) is 35.2 Å². The van der Waals surface area contributed by atoms with Crippen molar-refractivity contribution in [3.63, 3.8) is 0 Å². The molecule has 31 heavy (non-hydrogen) atoms. The fourth-order valence-corrected chi connectivity index (χ4v) is 4.07. The van der Waals surface area contributed by atoms with E-state index in [9.17, 15) is 35.2 Å². The highest BCUT2D eigenvalue weighted by Crippen LogP contribution is 2.37. The summed E-state index contributed by atoms with van der Waals surface area (Å²) in [4.78, 5) is 12.6. The lowest BCUT2D eigenvalue weighted by Crippen LogP contribution is -2.28. The van der Waals surface area contributed by atoms with Gasteiger partial charge in [-0.1, -0.05) is 6.07 Å². The standard InChI is InChI=1S/C19H20F5N3O3S/c1-31(29,30)14-4-2-3-13(9-14)25-17(28)15-10-16(19(22,23)24)26-27(15)11-12-5-7-18(20,21)8-6-12/h2-4,9-10,12H,5-8,11H2,1H3,(H,25,28). The minimum atomic E-state index is -4.80. The number of nitrogens with one attached hydrogen (secondary N) is 1. The Morgan fingerprint density at radius 1 is 1.23 bits per heavy atom. The second-order valence-electron chi connectivity index (χ2n) is 7.65. The fourth-order valence-electron chi connectivity index (χ4n) is 3.40. The SMILES string of the molecule is CS(=O)(=O)c1cccc(NC(=O)c2cc(C(F)(F)F)nn2CC2CCC(F)(F)CC2)c1. The molecular weight excluding hydrogens is 445 g/mol. The Kier molecular flexibility index (Phi) is 6.14. The lowest BCUT2D eigenvalue weighted by atomic mass is 9.87. The van der Waals surface area contributed by atoms with Crippen LogP contribution in [0.1, 0.15) is 41.9 Å². The zero-order valence-corrected chi connectivity index (χ0v) is 17.2. The van der Waals surface area contributed by atoms with Crippen molar-refractivity contribution < 1.29 is 35.2 Å². The van der Waals surface area contributed by atoms with Crippen LogP contribution in [0.2, 0.25) is 0 Å². The summed E-state index contributed by atoms with van der Waals surface area (Å²) in [5, 5.41) is 5.85. The van der Waals surface area contributed by atoms with E-state index in [1.54, 1.807) is 0 Å². The molecule has 0 unspecified atom stereocenters. The number of halogens is 5. The molecule has 1 fully saturated rings. The number of sulfone groups is 1. The molecule has 0 saturated heterocycles. The van der Waals surface area contributed by atoms with Gasteiger partial charge in [-0.05, 0) is 37.0 Å². The maximum Gasteiger partial charge on any atom is 0.435 e. The van der Waals surface area contributed by atoms with Gasteiger partial charge in [0.15, 0.2) is 15.5 Å². The molecule has 0 atom stereocenters. The Hall–Kier alpha value is -2.50. The quantitative estimate of drug-likeness (QED) is 0.665.